The minimum atomic E-state index is -0.314. The SMILES string of the molecule is O=C1Oc2ccccc2C(c2ccccc2)N1Cc1ccccc1. The zero-order valence-corrected chi connectivity index (χ0v) is 13.1. The van der Waals surface area contributed by atoms with E-state index in [0.29, 0.717) is 12.3 Å². The number of nitrogens with zero attached hydrogens (tertiary/aromatic N) is 1. The zero-order valence-electron chi connectivity index (χ0n) is 13.1. The van der Waals surface area contributed by atoms with Crippen LogP contribution in [-0.2, 0) is 6.54 Å². The normalized spacial score (nSPS) is 16.4. The Labute approximate surface area is 141 Å². The third-order valence-electron chi connectivity index (χ3n) is 4.27. The second kappa shape index (κ2) is 6.20. The van der Waals surface area contributed by atoms with Gasteiger partial charge in [0.05, 0.1) is 6.04 Å². The van der Waals surface area contributed by atoms with Gasteiger partial charge in [0.1, 0.15) is 5.75 Å². The lowest BCUT2D eigenvalue weighted by Gasteiger charge is -2.36. The Bertz CT molecular complexity index is 846. The summed E-state index contributed by atoms with van der Waals surface area (Å²) in [6.45, 7) is 0.508. The monoisotopic (exact) mass is 315 g/mol. The Morgan fingerprint density at radius 1 is 0.792 bits per heavy atom. The molecule has 0 radical (unpaired) electrons. The van der Waals surface area contributed by atoms with Crippen molar-refractivity contribution >= 4 is 6.09 Å². The molecule has 1 amide bonds. The van der Waals surface area contributed by atoms with E-state index in [2.05, 4.69) is 12.1 Å². The smallest absolute Gasteiger partial charge is 0.410 e. The minimum Gasteiger partial charge on any atom is -0.410 e. The Morgan fingerprint density at radius 3 is 2.17 bits per heavy atom. The Morgan fingerprint density at radius 2 is 1.42 bits per heavy atom. The highest BCUT2D eigenvalue weighted by atomic mass is 16.6. The maximum atomic E-state index is 12.6. The number of hydrogen-bond acceptors (Lipinski definition) is 2. The van der Waals surface area contributed by atoms with Crippen LogP contribution in [0.5, 0.6) is 5.75 Å². The maximum absolute atomic E-state index is 12.6. The van der Waals surface area contributed by atoms with Gasteiger partial charge in [-0.15, -0.1) is 0 Å². The fourth-order valence-corrected chi connectivity index (χ4v) is 3.16. The lowest BCUT2D eigenvalue weighted by atomic mass is 9.95. The van der Waals surface area contributed by atoms with Crippen molar-refractivity contribution in [1.82, 2.24) is 4.90 Å². The first kappa shape index (κ1) is 14.5. The van der Waals surface area contributed by atoms with Gasteiger partial charge in [0.2, 0.25) is 0 Å². The minimum absolute atomic E-state index is 0.149. The highest BCUT2D eigenvalue weighted by molar-refractivity contribution is 5.75. The number of benzene rings is 3. The van der Waals surface area contributed by atoms with Gasteiger partial charge < -0.3 is 4.74 Å². The molecule has 0 N–H and O–H groups in total. The van der Waals surface area contributed by atoms with Gasteiger partial charge in [-0.3, -0.25) is 4.90 Å². The first-order valence-corrected chi connectivity index (χ1v) is 7.99. The molecule has 24 heavy (non-hydrogen) atoms. The summed E-state index contributed by atoms with van der Waals surface area (Å²) in [6.07, 6.45) is -0.314. The predicted octanol–water partition coefficient (Wildman–Crippen LogP) is 4.79. The number of para-hydroxylation sites is 1. The third-order valence-corrected chi connectivity index (χ3v) is 4.27. The molecule has 0 spiro atoms. The average molecular weight is 315 g/mol. The molecule has 0 bridgehead atoms. The quantitative estimate of drug-likeness (QED) is 0.695. The predicted molar refractivity (Wildman–Crippen MR) is 92.7 cm³/mol. The fourth-order valence-electron chi connectivity index (χ4n) is 3.16. The van der Waals surface area contributed by atoms with E-state index in [9.17, 15) is 4.79 Å². The second-order valence-electron chi connectivity index (χ2n) is 5.83. The maximum Gasteiger partial charge on any atom is 0.416 e. The standard InChI is InChI=1S/C21H17NO2/c23-21-22(15-16-9-3-1-4-10-16)20(17-11-5-2-6-12-17)18-13-7-8-14-19(18)24-21/h1-14,20H,15H2. The van der Waals surface area contributed by atoms with Gasteiger partial charge >= 0.3 is 6.09 Å². The van der Waals surface area contributed by atoms with Crippen LogP contribution in [0.3, 0.4) is 0 Å². The summed E-state index contributed by atoms with van der Waals surface area (Å²) in [5, 5.41) is 0. The van der Waals surface area contributed by atoms with E-state index in [0.717, 1.165) is 16.7 Å². The average Bonchev–Trinajstić information content (AvgIpc) is 2.64. The number of fused-ring (bicyclic) bond motifs is 1. The molecule has 1 heterocycles. The molecular formula is C21H17NO2. The molecule has 118 valence electrons. The summed E-state index contributed by atoms with van der Waals surface area (Å²) >= 11 is 0. The summed E-state index contributed by atoms with van der Waals surface area (Å²) in [5.41, 5.74) is 3.17. The number of rotatable bonds is 3. The molecule has 3 heteroatoms. The van der Waals surface area contributed by atoms with Crippen molar-refractivity contribution in [2.45, 2.75) is 12.6 Å². The van der Waals surface area contributed by atoms with E-state index >= 15 is 0 Å². The van der Waals surface area contributed by atoms with Crippen molar-refractivity contribution in [3.63, 3.8) is 0 Å². The van der Waals surface area contributed by atoms with Crippen molar-refractivity contribution in [2.24, 2.45) is 0 Å². The Hall–Kier alpha value is -3.07. The summed E-state index contributed by atoms with van der Waals surface area (Å²) in [7, 11) is 0. The lowest BCUT2D eigenvalue weighted by molar-refractivity contribution is 0.122. The van der Waals surface area contributed by atoms with E-state index < -0.39 is 0 Å². The molecule has 0 fully saturated rings. The summed E-state index contributed by atoms with van der Waals surface area (Å²) in [6, 6.07) is 27.7. The molecule has 3 aromatic carbocycles. The molecular weight excluding hydrogens is 298 g/mol. The zero-order chi connectivity index (χ0) is 16.4. The molecule has 1 unspecified atom stereocenters. The van der Waals surface area contributed by atoms with E-state index in [1.807, 2.05) is 72.8 Å². The van der Waals surface area contributed by atoms with Crippen LogP contribution in [0.25, 0.3) is 0 Å². The molecule has 3 nitrogen and oxygen atoms in total. The molecule has 0 saturated carbocycles. The van der Waals surface area contributed by atoms with Gasteiger partial charge in [0.15, 0.2) is 0 Å². The van der Waals surface area contributed by atoms with Crippen LogP contribution < -0.4 is 4.74 Å². The largest absolute Gasteiger partial charge is 0.416 e. The number of carbonyl (C=O) groups is 1. The van der Waals surface area contributed by atoms with Gasteiger partial charge in [0.25, 0.3) is 0 Å². The van der Waals surface area contributed by atoms with E-state index in [1.165, 1.54) is 0 Å². The lowest BCUT2D eigenvalue weighted by Crippen LogP contribution is -2.40. The molecule has 4 rings (SSSR count). The van der Waals surface area contributed by atoms with E-state index in [1.54, 1.807) is 4.90 Å². The molecule has 3 aromatic rings. The number of hydrogen-bond donors (Lipinski definition) is 0. The van der Waals surface area contributed by atoms with Gasteiger partial charge in [-0.25, -0.2) is 4.79 Å². The molecule has 0 saturated heterocycles. The van der Waals surface area contributed by atoms with Crippen LogP contribution >= 0.6 is 0 Å². The molecule has 0 aromatic heterocycles. The van der Waals surface area contributed by atoms with Gasteiger partial charge in [-0.2, -0.15) is 0 Å². The van der Waals surface area contributed by atoms with Gasteiger partial charge in [0, 0.05) is 12.1 Å². The van der Waals surface area contributed by atoms with Crippen LogP contribution in [0.2, 0.25) is 0 Å². The Balaban J connectivity index is 1.80. The van der Waals surface area contributed by atoms with Gasteiger partial charge in [-0.1, -0.05) is 78.9 Å². The van der Waals surface area contributed by atoms with Crippen molar-refractivity contribution in [3.05, 3.63) is 102 Å². The van der Waals surface area contributed by atoms with E-state index in [4.69, 9.17) is 4.74 Å². The highest BCUT2D eigenvalue weighted by Crippen LogP contribution is 2.39. The first-order chi connectivity index (χ1) is 11.8. The number of ether oxygens (including phenoxy) is 1. The van der Waals surface area contributed by atoms with Crippen LogP contribution in [0.15, 0.2) is 84.9 Å². The highest BCUT2D eigenvalue weighted by Gasteiger charge is 2.35. The molecule has 0 aliphatic carbocycles. The molecule has 1 aliphatic heterocycles. The van der Waals surface area contributed by atoms with Crippen molar-refractivity contribution < 1.29 is 9.53 Å². The summed E-state index contributed by atoms with van der Waals surface area (Å²) in [5.74, 6) is 0.640. The van der Waals surface area contributed by atoms with Crippen LogP contribution in [0.1, 0.15) is 22.7 Å². The van der Waals surface area contributed by atoms with Crippen LogP contribution in [0.4, 0.5) is 4.79 Å². The Kier molecular flexibility index (Phi) is 3.75. The van der Waals surface area contributed by atoms with Crippen molar-refractivity contribution in [1.29, 1.82) is 0 Å². The second-order valence-corrected chi connectivity index (χ2v) is 5.83. The summed E-state index contributed by atoms with van der Waals surface area (Å²) in [4.78, 5) is 14.4. The third kappa shape index (κ3) is 2.65. The van der Waals surface area contributed by atoms with E-state index in [-0.39, 0.29) is 12.1 Å². The molecule has 1 aliphatic rings. The summed E-state index contributed by atoms with van der Waals surface area (Å²) < 4.78 is 5.56. The molecule has 1 atom stereocenters. The topological polar surface area (TPSA) is 29.5 Å². The van der Waals surface area contributed by atoms with Gasteiger partial charge in [-0.05, 0) is 17.2 Å². The fraction of sp³-hybridized carbons (Fsp3) is 0.0952. The first-order valence-electron chi connectivity index (χ1n) is 7.99. The van der Waals surface area contributed by atoms with Crippen molar-refractivity contribution in [2.75, 3.05) is 0 Å². The van der Waals surface area contributed by atoms with Crippen LogP contribution in [0, 0.1) is 0 Å². The number of amides is 1. The van der Waals surface area contributed by atoms with Crippen molar-refractivity contribution in [3.8, 4) is 5.75 Å². The van der Waals surface area contributed by atoms with Crippen LogP contribution in [-0.4, -0.2) is 11.0 Å². The number of carbonyl (C=O) groups excluding carboxylic acids is 1.